The van der Waals surface area contributed by atoms with Crippen molar-refractivity contribution >= 4 is 11.7 Å². The lowest BCUT2D eigenvalue weighted by atomic mass is 10.2. The summed E-state index contributed by atoms with van der Waals surface area (Å²) in [5.74, 6) is -0.488. The predicted octanol–water partition coefficient (Wildman–Crippen LogP) is 3.74. The Morgan fingerprint density at radius 1 is 1.17 bits per heavy atom. The second-order valence-corrected chi connectivity index (χ2v) is 5.17. The minimum atomic E-state index is -0.599. The highest BCUT2D eigenvalue weighted by Gasteiger charge is 2.20. The molecular weight excluding hydrogens is 298 g/mol. The van der Waals surface area contributed by atoms with Crippen LogP contribution in [0.3, 0.4) is 0 Å². The quantitative estimate of drug-likeness (QED) is 0.461. The molecule has 120 valence electrons. The van der Waals surface area contributed by atoms with Crippen molar-refractivity contribution in [1.82, 2.24) is 0 Å². The highest BCUT2D eigenvalue weighted by atomic mass is 16.6. The number of esters is 1. The van der Waals surface area contributed by atoms with Crippen molar-refractivity contribution < 1.29 is 19.2 Å². The highest BCUT2D eigenvalue weighted by molar-refractivity contribution is 5.90. The summed E-state index contributed by atoms with van der Waals surface area (Å²) in [6.45, 7) is 3.63. The van der Waals surface area contributed by atoms with Crippen molar-refractivity contribution in [2.75, 3.05) is 0 Å². The van der Waals surface area contributed by atoms with Gasteiger partial charge in [0.25, 0.3) is 0 Å². The largest absolute Gasteiger partial charge is 0.482 e. The van der Waals surface area contributed by atoms with E-state index in [1.165, 1.54) is 18.2 Å². The van der Waals surface area contributed by atoms with E-state index in [-0.39, 0.29) is 29.7 Å². The van der Waals surface area contributed by atoms with E-state index in [0.717, 1.165) is 5.56 Å². The summed E-state index contributed by atoms with van der Waals surface area (Å²) >= 11 is 0. The van der Waals surface area contributed by atoms with Gasteiger partial charge in [0, 0.05) is 6.07 Å². The molecule has 0 aliphatic carbocycles. The second kappa shape index (κ2) is 7.40. The fourth-order valence-corrected chi connectivity index (χ4v) is 1.93. The Bertz CT molecular complexity index is 697. The maximum atomic E-state index is 11.8. The van der Waals surface area contributed by atoms with E-state index in [2.05, 4.69) is 0 Å². The Balaban J connectivity index is 2.19. The van der Waals surface area contributed by atoms with Crippen LogP contribution in [0.1, 0.15) is 29.8 Å². The third-order valence-corrected chi connectivity index (χ3v) is 2.97. The molecule has 0 N–H and O–H groups in total. The monoisotopic (exact) mass is 315 g/mol. The van der Waals surface area contributed by atoms with E-state index in [9.17, 15) is 14.9 Å². The molecule has 0 unspecified atom stereocenters. The number of hydrogen-bond acceptors (Lipinski definition) is 5. The Labute approximate surface area is 133 Å². The van der Waals surface area contributed by atoms with Gasteiger partial charge in [0.05, 0.1) is 16.6 Å². The zero-order valence-corrected chi connectivity index (χ0v) is 12.9. The van der Waals surface area contributed by atoms with E-state index in [1.807, 2.05) is 30.3 Å². The number of nitro groups is 1. The summed E-state index contributed by atoms with van der Waals surface area (Å²) < 4.78 is 10.5. The summed E-state index contributed by atoms with van der Waals surface area (Å²) in [6.07, 6.45) is -0.296. The van der Waals surface area contributed by atoms with Gasteiger partial charge in [-0.25, -0.2) is 4.79 Å². The summed E-state index contributed by atoms with van der Waals surface area (Å²) in [5, 5.41) is 11.2. The third kappa shape index (κ3) is 4.54. The van der Waals surface area contributed by atoms with Gasteiger partial charge in [-0.05, 0) is 31.5 Å². The van der Waals surface area contributed by atoms with Crippen molar-refractivity contribution in [2.45, 2.75) is 26.6 Å². The van der Waals surface area contributed by atoms with Crippen LogP contribution in [0.2, 0.25) is 0 Å². The minimum absolute atomic E-state index is 0.111. The summed E-state index contributed by atoms with van der Waals surface area (Å²) in [7, 11) is 0. The number of rotatable bonds is 6. The zero-order chi connectivity index (χ0) is 16.8. The predicted molar refractivity (Wildman–Crippen MR) is 84.4 cm³/mol. The molecular formula is C17H17NO5. The van der Waals surface area contributed by atoms with Crippen LogP contribution in [0, 0.1) is 10.1 Å². The second-order valence-electron chi connectivity index (χ2n) is 5.17. The van der Waals surface area contributed by atoms with E-state index in [4.69, 9.17) is 9.47 Å². The molecule has 0 fully saturated rings. The average molecular weight is 315 g/mol. The first-order valence-electron chi connectivity index (χ1n) is 7.13. The molecule has 23 heavy (non-hydrogen) atoms. The van der Waals surface area contributed by atoms with Crippen LogP contribution < -0.4 is 4.74 Å². The van der Waals surface area contributed by atoms with Crippen molar-refractivity contribution in [2.24, 2.45) is 0 Å². The van der Waals surface area contributed by atoms with Gasteiger partial charge in [0.1, 0.15) is 6.61 Å². The first-order chi connectivity index (χ1) is 11.0. The van der Waals surface area contributed by atoms with E-state index >= 15 is 0 Å². The Kier molecular flexibility index (Phi) is 5.30. The molecule has 6 heteroatoms. The molecule has 0 aromatic heterocycles. The van der Waals surface area contributed by atoms with Gasteiger partial charge in [0.2, 0.25) is 0 Å². The number of benzene rings is 2. The van der Waals surface area contributed by atoms with Gasteiger partial charge < -0.3 is 9.47 Å². The molecule has 2 rings (SSSR count). The smallest absolute Gasteiger partial charge is 0.338 e. The Morgan fingerprint density at radius 3 is 2.48 bits per heavy atom. The molecule has 0 aliphatic heterocycles. The van der Waals surface area contributed by atoms with Gasteiger partial charge in [-0.3, -0.25) is 10.1 Å². The number of ether oxygens (including phenoxy) is 2. The first kappa shape index (κ1) is 16.5. The molecule has 2 aromatic rings. The molecule has 2 aromatic carbocycles. The highest BCUT2D eigenvalue weighted by Crippen LogP contribution is 2.29. The number of nitrogens with zero attached hydrogens (tertiary/aromatic N) is 1. The number of carbonyl (C=O) groups is 1. The van der Waals surface area contributed by atoms with E-state index < -0.39 is 10.9 Å². The first-order valence-corrected chi connectivity index (χ1v) is 7.13. The summed E-state index contributed by atoms with van der Waals surface area (Å²) in [5.41, 5.74) is 0.752. The standard InChI is InChI=1S/C17H17NO5/c1-12(2)23-17(19)14-8-9-16(15(10-14)18(20)21)22-11-13-6-4-3-5-7-13/h3-10,12H,11H2,1-2H3. The number of carbonyl (C=O) groups excluding carboxylic acids is 1. The molecule has 0 atom stereocenters. The fraction of sp³-hybridized carbons (Fsp3) is 0.235. The topological polar surface area (TPSA) is 78.7 Å². The average Bonchev–Trinajstić information content (AvgIpc) is 2.53. The van der Waals surface area contributed by atoms with Crippen LogP contribution in [0.15, 0.2) is 48.5 Å². The zero-order valence-electron chi connectivity index (χ0n) is 12.9. The van der Waals surface area contributed by atoms with Crippen LogP contribution in [0.5, 0.6) is 5.75 Å². The maximum absolute atomic E-state index is 11.8. The van der Waals surface area contributed by atoms with Crippen molar-refractivity contribution in [3.63, 3.8) is 0 Å². The molecule has 0 amide bonds. The molecule has 6 nitrogen and oxygen atoms in total. The Morgan fingerprint density at radius 2 is 1.87 bits per heavy atom. The minimum Gasteiger partial charge on any atom is -0.482 e. The number of hydrogen-bond donors (Lipinski definition) is 0. The van der Waals surface area contributed by atoms with Gasteiger partial charge >= 0.3 is 11.7 Å². The summed E-state index contributed by atoms with van der Waals surface area (Å²) in [4.78, 5) is 22.5. The molecule has 0 bridgehead atoms. The molecule has 0 aliphatic rings. The molecule has 0 spiro atoms. The third-order valence-electron chi connectivity index (χ3n) is 2.97. The van der Waals surface area contributed by atoms with Crippen LogP contribution in [0.4, 0.5) is 5.69 Å². The van der Waals surface area contributed by atoms with E-state index in [1.54, 1.807) is 13.8 Å². The molecule has 0 radical (unpaired) electrons. The maximum Gasteiger partial charge on any atom is 0.338 e. The Hall–Kier alpha value is -2.89. The fourth-order valence-electron chi connectivity index (χ4n) is 1.93. The van der Waals surface area contributed by atoms with Crippen LogP contribution in [0.25, 0.3) is 0 Å². The lowest BCUT2D eigenvalue weighted by Crippen LogP contribution is -2.12. The van der Waals surface area contributed by atoms with Gasteiger partial charge in [-0.15, -0.1) is 0 Å². The molecule has 0 heterocycles. The lowest BCUT2D eigenvalue weighted by molar-refractivity contribution is -0.386. The van der Waals surface area contributed by atoms with Crippen molar-refractivity contribution in [3.05, 3.63) is 69.8 Å². The molecule has 0 saturated carbocycles. The van der Waals surface area contributed by atoms with Crippen LogP contribution in [-0.4, -0.2) is 17.0 Å². The van der Waals surface area contributed by atoms with Crippen molar-refractivity contribution in [1.29, 1.82) is 0 Å². The normalized spacial score (nSPS) is 10.4. The van der Waals surface area contributed by atoms with E-state index in [0.29, 0.717) is 0 Å². The van der Waals surface area contributed by atoms with Gasteiger partial charge in [-0.2, -0.15) is 0 Å². The lowest BCUT2D eigenvalue weighted by Gasteiger charge is -2.10. The van der Waals surface area contributed by atoms with Crippen LogP contribution >= 0.6 is 0 Å². The number of nitro benzene ring substituents is 1. The van der Waals surface area contributed by atoms with Crippen molar-refractivity contribution in [3.8, 4) is 5.75 Å². The molecule has 0 saturated heterocycles. The summed E-state index contributed by atoms with van der Waals surface area (Å²) in [6, 6.07) is 13.4. The van der Waals surface area contributed by atoms with Gasteiger partial charge in [-0.1, -0.05) is 30.3 Å². The van der Waals surface area contributed by atoms with Crippen LogP contribution in [-0.2, 0) is 11.3 Å². The van der Waals surface area contributed by atoms with Gasteiger partial charge in [0.15, 0.2) is 5.75 Å². The SMILES string of the molecule is CC(C)OC(=O)c1ccc(OCc2ccccc2)c([N+](=O)[O-])c1.